The molecule has 0 spiro atoms. The van der Waals surface area contributed by atoms with Crippen LogP contribution < -0.4 is 5.73 Å². The third-order valence-corrected chi connectivity index (χ3v) is 5.51. The van der Waals surface area contributed by atoms with Crippen LogP contribution in [0.3, 0.4) is 0 Å². The van der Waals surface area contributed by atoms with E-state index in [0.717, 1.165) is 6.54 Å². The predicted molar refractivity (Wildman–Crippen MR) is 77.1 cm³/mol. The van der Waals surface area contributed by atoms with Crippen molar-refractivity contribution in [3.8, 4) is 0 Å². The summed E-state index contributed by atoms with van der Waals surface area (Å²) in [5, 5.41) is 1.89. The van der Waals surface area contributed by atoms with Gasteiger partial charge >= 0.3 is 0 Å². The lowest BCUT2D eigenvalue weighted by Crippen LogP contribution is -2.28. The van der Waals surface area contributed by atoms with E-state index >= 15 is 0 Å². The zero-order valence-electron chi connectivity index (χ0n) is 9.66. The Bertz CT molecular complexity index is 384. The highest BCUT2D eigenvalue weighted by Crippen LogP contribution is 2.38. The van der Waals surface area contributed by atoms with Gasteiger partial charge in [0.25, 0.3) is 0 Å². The number of rotatable bonds is 3. The van der Waals surface area contributed by atoms with Gasteiger partial charge in [-0.1, -0.05) is 36.0 Å². The van der Waals surface area contributed by atoms with Gasteiger partial charge in [-0.25, -0.2) is 0 Å². The highest BCUT2D eigenvalue weighted by Gasteiger charge is 2.24. The molecule has 1 saturated carbocycles. The fourth-order valence-corrected chi connectivity index (χ4v) is 4.09. The summed E-state index contributed by atoms with van der Waals surface area (Å²) in [5.41, 5.74) is 5.84. The fraction of sp³-hybridized carbons (Fsp3) is 0.538. The zero-order chi connectivity index (χ0) is 12.3. The van der Waals surface area contributed by atoms with Crippen molar-refractivity contribution in [2.24, 2.45) is 11.7 Å². The maximum atomic E-state index is 6.03. The molecule has 1 nitrogen and oxygen atoms in total. The Morgan fingerprint density at radius 2 is 1.94 bits per heavy atom. The van der Waals surface area contributed by atoms with Crippen LogP contribution >= 0.6 is 35.0 Å². The van der Waals surface area contributed by atoms with Crippen molar-refractivity contribution in [1.82, 2.24) is 0 Å². The van der Waals surface area contributed by atoms with Crippen LogP contribution in [0.5, 0.6) is 0 Å². The Balaban J connectivity index is 2.05. The minimum Gasteiger partial charge on any atom is -0.330 e. The molecule has 2 N–H and O–H groups in total. The first-order chi connectivity index (χ1) is 8.20. The van der Waals surface area contributed by atoms with E-state index in [1.54, 1.807) is 0 Å². The molecule has 4 heteroatoms. The summed E-state index contributed by atoms with van der Waals surface area (Å²) in [6.07, 6.45) is 5.15. The summed E-state index contributed by atoms with van der Waals surface area (Å²) in [4.78, 5) is 1.20. The van der Waals surface area contributed by atoms with Gasteiger partial charge in [0.2, 0.25) is 0 Å². The largest absolute Gasteiger partial charge is 0.330 e. The van der Waals surface area contributed by atoms with E-state index in [0.29, 0.717) is 21.2 Å². The summed E-state index contributed by atoms with van der Waals surface area (Å²) in [6, 6.07) is 5.87. The van der Waals surface area contributed by atoms with Gasteiger partial charge in [-0.05, 0) is 43.5 Å². The molecule has 0 aromatic heterocycles. The number of benzene rings is 1. The van der Waals surface area contributed by atoms with E-state index in [1.165, 1.54) is 30.6 Å². The number of nitrogens with two attached hydrogens (primary N) is 1. The van der Waals surface area contributed by atoms with Crippen molar-refractivity contribution >= 4 is 35.0 Å². The monoisotopic (exact) mass is 289 g/mol. The zero-order valence-corrected chi connectivity index (χ0v) is 12.0. The molecule has 1 fully saturated rings. The van der Waals surface area contributed by atoms with Gasteiger partial charge in [0.05, 0.1) is 10.0 Å². The standard InChI is InChI=1S/C13H17Cl2NS/c14-11-6-5-10(7-12(11)15)17-13-4-2-1-3-9(13)8-16/h5-7,9,13H,1-4,8,16H2. The summed E-state index contributed by atoms with van der Waals surface area (Å²) in [6.45, 7) is 0.791. The molecule has 0 aliphatic heterocycles. The van der Waals surface area contributed by atoms with E-state index in [9.17, 15) is 0 Å². The Morgan fingerprint density at radius 1 is 1.18 bits per heavy atom. The van der Waals surface area contributed by atoms with Crippen molar-refractivity contribution in [3.63, 3.8) is 0 Å². The second kappa shape index (κ2) is 6.33. The third-order valence-electron chi connectivity index (χ3n) is 3.32. The minimum atomic E-state index is 0.620. The minimum absolute atomic E-state index is 0.620. The van der Waals surface area contributed by atoms with Gasteiger partial charge in [-0.2, -0.15) is 0 Å². The maximum absolute atomic E-state index is 6.03. The van der Waals surface area contributed by atoms with Crippen LogP contribution in [0.4, 0.5) is 0 Å². The number of hydrogen-bond acceptors (Lipinski definition) is 2. The van der Waals surface area contributed by atoms with Crippen LogP contribution in [-0.2, 0) is 0 Å². The smallest absolute Gasteiger partial charge is 0.0603 e. The van der Waals surface area contributed by atoms with Gasteiger partial charge in [-0.15, -0.1) is 11.8 Å². The van der Waals surface area contributed by atoms with E-state index in [2.05, 4.69) is 0 Å². The number of thioether (sulfide) groups is 1. The number of hydrogen-bond donors (Lipinski definition) is 1. The van der Waals surface area contributed by atoms with E-state index in [-0.39, 0.29) is 0 Å². The van der Waals surface area contributed by atoms with Gasteiger partial charge in [0, 0.05) is 10.1 Å². The topological polar surface area (TPSA) is 26.0 Å². The van der Waals surface area contributed by atoms with Crippen molar-refractivity contribution in [3.05, 3.63) is 28.2 Å². The first-order valence-corrected chi connectivity index (χ1v) is 7.66. The van der Waals surface area contributed by atoms with Gasteiger partial charge in [-0.3, -0.25) is 0 Å². The molecular formula is C13H17Cl2NS. The van der Waals surface area contributed by atoms with Crippen LogP contribution in [0.15, 0.2) is 23.1 Å². The van der Waals surface area contributed by atoms with Crippen LogP contribution in [0.1, 0.15) is 25.7 Å². The van der Waals surface area contributed by atoms with E-state index in [1.807, 2.05) is 30.0 Å². The molecule has 2 unspecified atom stereocenters. The molecule has 94 valence electrons. The van der Waals surface area contributed by atoms with Gasteiger partial charge in [0.1, 0.15) is 0 Å². The predicted octanol–water partition coefficient (Wildman–Crippen LogP) is 4.60. The van der Waals surface area contributed by atoms with Crippen LogP contribution in [0.2, 0.25) is 10.0 Å². The Kier molecular flexibility index (Phi) is 5.04. The molecule has 0 bridgehead atoms. The van der Waals surface area contributed by atoms with Crippen molar-refractivity contribution in [2.45, 2.75) is 35.8 Å². The molecule has 2 rings (SSSR count). The quantitative estimate of drug-likeness (QED) is 0.880. The average Bonchev–Trinajstić information content (AvgIpc) is 2.34. The molecule has 1 aliphatic carbocycles. The second-order valence-corrected chi connectivity index (χ2v) is 6.64. The van der Waals surface area contributed by atoms with Crippen LogP contribution in [0.25, 0.3) is 0 Å². The molecule has 1 aromatic rings. The Labute approximate surface area is 117 Å². The average molecular weight is 290 g/mol. The number of halogens is 2. The Morgan fingerprint density at radius 3 is 2.65 bits per heavy atom. The molecule has 1 aliphatic rings. The molecule has 0 amide bonds. The Hall–Kier alpha value is 0.110. The molecule has 1 aromatic carbocycles. The summed E-state index contributed by atoms with van der Waals surface area (Å²) < 4.78 is 0. The first-order valence-electron chi connectivity index (χ1n) is 6.02. The molecule has 17 heavy (non-hydrogen) atoms. The molecule has 2 atom stereocenters. The third kappa shape index (κ3) is 3.54. The lowest BCUT2D eigenvalue weighted by molar-refractivity contribution is 0.378. The second-order valence-electron chi connectivity index (χ2n) is 4.51. The summed E-state index contributed by atoms with van der Waals surface area (Å²) in [5.74, 6) is 0.642. The lowest BCUT2D eigenvalue weighted by atomic mass is 9.89. The molecular weight excluding hydrogens is 273 g/mol. The van der Waals surface area contributed by atoms with Crippen molar-refractivity contribution in [1.29, 1.82) is 0 Å². The van der Waals surface area contributed by atoms with Crippen molar-refractivity contribution in [2.75, 3.05) is 6.54 Å². The molecule has 0 radical (unpaired) electrons. The fourth-order valence-electron chi connectivity index (χ4n) is 2.32. The first kappa shape index (κ1) is 13.5. The van der Waals surface area contributed by atoms with Crippen molar-refractivity contribution < 1.29 is 0 Å². The molecule has 0 heterocycles. The van der Waals surface area contributed by atoms with Crippen LogP contribution in [-0.4, -0.2) is 11.8 Å². The summed E-state index contributed by atoms with van der Waals surface area (Å²) >= 11 is 13.8. The molecule has 0 saturated heterocycles. The summed E-state index contributed by atoms with van der Waals surface area (Å²) in [7, 11) is 0. The van der Waals surface area contributed by atoms with Gasteiger partial charge in [0.15, 0.2) is 0 Å². The highest BCUT2D eigenvalue weighted by atomic mass is 35.5. The van der Waals surface area contributed by atoms with E-state index < -0.39 is 0 Å². The highest BCUT2D eigenvalue weighted by molar-refractivity contribution is 8.00. The lowest BCUT2D eigenvalue weighted by Gasteiger charge is -2.30. The van der Waals surface area contributed by atoms with E-state index in [4.69, 9.17) is 28.9 Å². The van der Waals surface area contributed by atoms with Gasteiger partial charge < -0.3 is 5.73 Å². The normalized spacial score (nSPS) is 24.9. The SMILES string of the molecule is NCC1CCCCC1Sc1ccc(Cl)c(Cl)c1. The maximum Gasteiger partial charge on any atom is 0.0603 e. The van der Waals surface area contributed by atoms with Crippen LogP contribution in [0, 0.1) is 5.92 Å².